The molecule has 6 atom stereocenters. The number of aryl methyl sites for hydroxylation is 2. The van der Waals surface area contributed by atoms with E-state index >= 15 is 0 Å². The maximum absolute atomic E-state index is 14.8. The molecule has 0 radical (unpaired) electrons. The van der Waals surface area contributed by atoms with Gasteiger partial charge in [-0.3, -0.25) is 14.4 Å². The second-order valence-corrected chi connectivity index (χ2v) is 11.8. The quantitative estimate of drug-likeness (QED) is 0.400. The van der Waals surface area contributed by atoms with Gasteiger partial charge in [-0.15, -0.1) is 13.2 Å². The van der Waals surface area contributed by atoms with Crippen LogP contribution in [0.15, 0.2) is 43.5 Å². The van der Waals surface area contributed by atoms with Crippen molar-refractivity contribution in [1.82, 2.24) is 9.80 Å². The lowest BCUT2D eigenvalue weighted by atomic mass is 9.66. The molecule has 3 amide bonds. The van der Waals surface area contributed by atoms with E-state index in [0.29, 0.717) is 32.4 Å². The smallest absolute Gasteiger partial charge is 0.253 e. The number of carbonyl (C=O) groups excluding carboxylic acids is 3. The van der Waals surface area contributed by atoms with Crippen LogP contribution in [0.1, 0.15) is 57.6 Å². The number of carbonyl (C=O) groups is 3. The van der Waals surface area contributed by atoms with Crippen molar-refractivity contribution in [3.8, 4) is 0 Å². The second-order valence-electron chi connectivity index (χ2n) is 11.8. The number of aliphatic hydroxyl groups is 1. The van der Waals surface area contributed by atoms with Crippen LogP contribution < -0.4 is 4.90 Å². The van der Waals surface area contributed by atoms with E-state index in [9.17, 15) is 19.5 Å². The van der Waals surface area contributed by atoms with Gasteiger partial charge in [0.15, 0.2) is 0 Å². The Morgan fingerprint density at radius 1 is 1.15 bits per heavy atom. The second kappa shape index (κ2) is 11.5. The van der Waals surface area contributed by atoms with E-state index in [1.165, 1.54) is 0 Å². The lowest BCUT2D eigenvalue weighted by molar-refractivity contribution is -0.152. The summed E-state index contributed by atoms with van der Waals surface area (Å²) in [6, 6.07) is 4.33. The third-order valence-electron chi connectivity index (χ3n) is 9.23. The predicted molar refractivity (Wildman–Crippen MR) is 156 cm³/mol. The van der Waals surface area contributed by atoms with Crippen molar-refractivity contribution < 1.29 is 24.2 Å². The summed E-state index contributed by atoms with van der Waals surface area (Å²) in [5.41, 5.74) is 0.630. The normalized spacial score (nSPS) is 29.3. The number of para-hydroxylation sites is 1. The van der Waals surface area contributed by atoms with Crippen molar-refractivity contribution in [1.29, 1.82) is 0 Å². The molecule has 1 aromatic carbocycles. The van der Waals surface area contributed by atoms with Gasteiger partial charge >= 0.3 is 0 Å². The summed E-state index contributed by atoms with van der Waals surface area (Å²) in [5.74, 6) is -2.21. The number of rotatable bonds is 12. The first-order valence-corrected chi connectivity index (χ1v) is 14.6. The Morgan fingerprint density at radius 3 is 2.35 bits per heavy atom. The molecule has 0 aliphatic carbocycles. The molecule has 1 N–H and O–H groups in total. The largest absolute Gasteiger partial charge is 0.394 e. The molecule has 8 heteroatoms. The van der Waals surface area contributed by atoms with E-state index < -0.39 is 35.1 Å². The fraction of sp³-hybridized carbons (Fsp3) is 0.594. The number of hydrogen-bond acceptors (Lipinski definition) is 5. The Hall–Kier alpha value is -2.97. The topological polar surface area (TPSA) is 90.4 Å². The summed E-state index contributed by atoms with van der Waals surface area (Å²) in [5, 5.41) is 10.4. The van der Waals surface area contributed by atoms with Gasteiger partial charge in [-0.25, -0.2) is 0 Å². The van der Waals surface area contributed by atoms with E-state index in [-0.39, 0.29) is 30.9 Å². The Labute approximate surface area is 238 Å². The molecule has 3 fully saturated rings. The molecule has 1 spiro atoms. The number of ether oxygens (including phenoxy) is 1. The molecular formula is C32H45N3O5. The Morgan fingerprint density at radius 2 is 1.80 bits per heavy atom. The average Bonchev–Trinajstić information content (AvgIpc) is 3.49. The van der Waals surface area contributed by atoms with Crippen LogP contribution in [0.3, 0.4) is 0 Å². The van der Waals surface area contributed by atoms with Crippen molar-refractivity contribution in [3.05, 3.63) is 54.6 Å². The maximum Gasteiger partial charge on any atom is 0.253 e. The predicted octanol–water partition coefficient (Wildman–Crippen LogP) is 3.78. The minimum Gasteiger partial charge on any atom is -0.394 e. The number of hydrogen-bond donors (Lipinski definition) is 1. The van der Waals surface area contributed by atoms with Gasteiger partial charge in [-0.05, 0) is 57.6 Å². The molecule has 3 heterocycles. The van der Waals surface area contributed by atoms with Gasteiger partial charge in [0, 0.05) is 25.3 Å². The van der Waals surface area contributed by atoms with Crippen LogP contribution in [-0.4, -0.2) is 82.2 Å². The summed E-state index contributed by atoms with van der Waals surface area (Å²) >= 11 is 0. The first-order chi connectivity index (χ1) is 19.1. The van der Waals surface area contributed by atoms with Gasteiger partial charge in [0.2, 0.25) is 11.8 Å². The standard InChI is InChI=1S/C32H45N3O5/c1-8-17-33(18-9-2)28(37)24-25-29(38)35(23(11-4)20-36)27(32(25)16-15-31(24,7)40-32)30(39)34(19-10-3)26-21(5)13-12-14-22(26)6/h8,10,12-14,23-25,27,36H,1,3,9,11,15-20H2,2,4-7H3/t23-,24+,25-,27?,31-,32?/m0/s1. The molecule has 2 bridgehead atoms. The number of benzene rings is 1. The molecular weight excluding hydrogens is 506 g/mol. The van der Waals surface area contributed by atoms with E-state index in [4.69, 9.17) is 4.74 Å². The molecule has 3 aliphatic rings. The average molecular weight is 552 g/mol. The highest BCUT2D eigenvalue weighted by Crippen LogP contribution is 2.64. The van der Waals surface area contributed by atoms with E-state index in [0.717, 1.165) is 23.2 Å². The van der Waals surface area contributed by atoms with Crippen LogP contribution in [0, 0.1) is 25.7 Å². The molecule has 2 unspecified atom stereocenters. The first-order valence-electron chi connectivity index (χ1n) is 14.6. The zero-order chi connectivity index (χ0) is 29.4. The maximum atomic E-state index is 14.8. The monoisotopic (exact) mass is 551 g/mol. The van der Waals surface area contributed by atoms with Gasteiger partial charge in [-0.2, -0.15) is 0 Å². The number of aliphatic hydroxyl groups excluding tert-OH is 1. The SMILES string of the molecule is C=CCN(CCC)C(=O)[C@H]1[C@H]2C(=O)N([C@@H](CC)CO)C(C(=O)N(CC=C)c3c(C)cccc3C)C23CC[C@]1(C)O3. The van der Waals surface area contributed by atoms with Crippen molar-refractivity contribution in [3.63, 3.8) is 0 Å². The molecule has 4 rings (SSSR count). The number of amides is 3. The fourth-order valence-electron chi connectivity index (χ4n) is 7.54. The summed E-state index contributed by atoms with van der Waals surface area (Å²) in [7, 11) is 0. The third-order valence-corrected chi connectivity index (χ3v) is 9.23. The molecule has 1 aromatic rings. The first kappa shape index (κ1) is 30.0. The number of nitrogens with zero attached hydrogens (tertiary/aromatic N) is 3. The molecule has 218 valence electrons. The number of likely N-dealkylation sites (tertiary alicyclic amines) is 1. The molecule has 40 heavy (non-hydrogen) atoms. The van der Waals surface area contributed by atoms with Crippen LogP contribution in [0.25, 0.3) is 0 Å². The van der Waals surface area contributed by atoms with Gasteiger partial charge in [0.05, 0.1) is 30.1 Å². The highest BCUT2D eigenvalue weighted by Gasteiger charge is 2.78. The van der Waals surface area contributed by atoms with Crippen molar-refractivity contribution in [2.75, 3.05) is 31.1 Å². The Bertz CT molecular complexity index is 1160. The number of anilines is 1. The zero-order valence-corrected chi connectivity index (χ0v) is 24.7. The highest BCUT2D eigenvalue weighted by molar-refractivity contribution is 6.06. The van der Waals surface area contributed by atoms with Crippen molar-refractivity contribution in [2.24, 2.45) is 11.8 Å². The van der Waals surface area contributed by atoms with Gasteiger partial charge in [0.1, 0.15) is 11.6 Å². The van der Waals surface area contributed by atoms with Crippen LogP contribution in [0.2, 0.25) is 0 Å². The van der Waals surface area contributed by atoms with Crippen LogP contribution in [-0.2, 0) is 19.1 Å². The summed E-state index contributed by atoms with van der Waals surface area (Å²) in [4.78, 5) is 48.3. The van der Waals surface area contributed by atoms with Crippen molar-refractivity contribution in [2.45, 2.75) is 83.6 Å². The molecule has 3 aliphatic heterocycles. The summed E-state index contributed by atoms with van der Waals surface area (Å²) in [6.45, 7) is 18.4. The Kier molecular flexibility index (Phi) is 8.62. The summed E-state index contributed by atoms with van der Waals surface area (Å²) < 4.78 is 6.82. The Balaban J connectivity index is 1.87. The minimum absolute atomic E-state index is 0.132. The van der Waals surface area contributed by atoms with E-state index in [2.05, 4.69) is 13.2 Å². The molecule has 0 aromatic heterocycles. The molecule has 0 saturated carbocycles. The minimum atomic E-state index is -1.16. The van der Waals surface area contributed by atoms with Gasteiger partial charge in [0.25, 0.3) is 5.91 Å². The lowest BCUT2D eigenvalue weighted by Crippen LogP contribution is -2.59. The van der Waals surface area contributed by atoms with Gasteiger partial charge < -0.3 is 24.5 Å². The number of fused-ring (bicyclic) bond motifs is 1. The fourth-order valence-corrected chi connectivity index (χ4v) is 7.54. The zero-order valence-electron chi connectivity index (χ0n) is 24.7. The van der Waals surface area contributed by atoms with E-state index in [1.54, 1.807) is 26.9 Å². The lowest BCUT2D eigenvalue weighted by Gasteiger charge is -2.39. The van der Waals surface area contributed by atoms with Crippen LogP contribution in [0.4, 0.5) is 5.69 Å². The van der Waals surface area contributed by atoms with E-state index in [1.807, 2.05) is 52.8 Å². The summed E-state index contributed by atoms with van der Waals surface area (Å²) in [6.07, 6.45) is 5.68. The van der Waals surface area contributed by atoms with Crippen molar-refractivity contribution >= 4 is 23.4 Å². The van der Waals surface area contributed by atoms with Crippen LogP contribution >= 0.6 is 0 Å². The third kappa shape index (κ3) is 4.49. The molecule has 8 nitrogen and oxygen atoms in total. The molecule has 3 saturated heterocycles. The highest BCUT2D eigenvalue weighted by atomic mass is 16.5. The van der Waals surface area contributed by atoms with Crippen LogP contribution in [0.5, 0.6) is 0 Å². The van der Waals surface area contributed by atoms with Gasteiger partial charge in [-0.1, -0.05) is 44.2 Å².